The van der Waals surface area contributed by atoms with Crippen molar-refractivity contribution in [3.05, 3.63) is 118 Å². The van der Waals surface area contributed by atoms with Gasteiger partial charge < -0.3 is 14.8 Å². The number of sulfonamides is 1. The molecule has 45 heavy (non-hydrogen) atoms. The van der Waals surface area contributed by atoms with Gasteiger partial charge in [-0.2, -0.15) is 4.72 Å². The summed E-state index contributed by atoms with van der Waals surface area (Å²) in [5.74, 6) is -2.92. The Bertz CT molecular complexity index is 1980. The van der Waals surface area contributed by atoms with E-state index >= 15 is 0 Å². The third-order valence-electron chi connectivity index (χ3n) is 7.81. The highest BCUT2D eigenvalue weighted by molar-refractivity contribution is 7.91. The monoisotopic (exact) mass is 629 g/mol. The van der Waals surface area contributed by atoms with E-state index in [9.17, 15) is 33.2 Å². The fourth-order valence-corrected chi connectivity index (χ4v) is 7.06. The predicted molar refractivity (Wildman–Crippen MR) is 170 cm³/mol. The minimum Gasteiger partial charge on any atom is -0.480 e. The van der Waals surface area contributed by atoms with Gasteiger partial charge in [0, 0.05) is 29.5 Å². The van der Waals surface area contributed by atoms with Gasteiger partial charge in [0.1, 0.15) is 11.6 Å². The highest BCUT2D eigenvalue weighted by Crippen LogP contribution is 2.37. The molecule has 5 rings (SSSR count). The second-order valence-electron chi connectivity index (χ2n) is 11.1. The van der Waals surface area contributed by atoms with Crippen molar-refractivity contribution >= 4 is 44.1 Å². The van der Waals surface area contributed by atoms with Crippen LogP contribution in [0.15, 0.2) is 95.4 Å². The van der Waals surface area contributed by atoms with Crippen molar-refractivity contribution in [3.8, 4) is 11.1 Å². The lowest BCUT2D eigenvalue weighted by molar-refractivity contribution is -0.384. The molecule has 4 aromatic rings. The number of furan rings is 1. The quantitative estimate of drug-likeness (QED) is 0.146. The number of non-ortho nitro benzene ring substituents is 1. The molecule has 0 aliphatic heterocycles. The molecule has 3 N–H and O–H groups in total. The van der Waals surface area contributed by atoms with Crippen molar-refractivity contribution in [1.29, 1.82) is 0 Å². The van der Waals surface area contributed by atoms with Crippen LogP contribution in [0.3, 0.4) is 0 Å². The third-order valence-corrected chi connectivity index (χ3v) is 9.74. The summed E-state index contributed by atoms with van der Waals surface area (Å²) < 4.78 is 36.2. The average molecular weight is 630 g/mol. The zero-order valence-electron chi connectivity index (χ0n) is 24.7. The minimum atomic E-state index is -4.55. The molecule has 11 nitrogen and oxygen atoms in total. The van der Waals surface area contributed by atoms with E-state index < -0.39 is 43.7 Å². The van der Waals surface area contributed by atoms with E-state index in [1.807, 2.05) is 30.3 Å². The molecule has 0 saturated heterocycles. The number of hydrogen-bond acceptors (Lipinski definition) is 7. The maximum Gasteiger partial charge on any atom is 0.321 e. The van der Waals surface area contributed by atoms with Crippen molar-refractivity contribution in [2.75, 3.05) is 0 Å². The number of carboxylic acid groups (broad SMARTS) is 1. The number of carboxylic acids is 1. The number of carbonyl (C=O) groups excluding carboxylic acids is 1. The number of fused-ring (bicyclic) bond motifs is 1. The smallest absolute Gasteiger partial charge is 0.321 e. The van der Waals surface area contributed by atoms with Crippen LogP contribution in [0.25, 0.3) is 27.7 Å². The third kappa shape index (κ3) is 6.02. The van der Waals surface area contributed by atoms with Crippen molar-refractivity contribution in [1.82, 2.24) is 10.0 Å². The maximum absolute atomic E-state index is 14.0. The Morgan fingerprint density at radius 1 is 1.02 bits per heavy atom. The molecule has 0 radical (unpaired) electrons. The largest absolute Gasteiger partial charge is 0.480 e. The Balaban J connectivity index is 1.56. The number of hydrogen-bond donors (Lipinski definition) is 3. The first-order chi connectivity index (χ1) is 21.3. The summed E-state index contributed by atoms with van der Waals surface area (Å²) in [6.07, 6.45) is 4.40. The van der Waals surface area contributed by atoms with Gasteiger partial charge in [0.05, 0.1) is 4.92 Å². The van der Waals surface area contributed by atoms with Crippen molar-refractivity contribution < 1.29 is 32.5 Å². The van der Waals surface area contributed by atoms with E-state index in [-0.39, 0.29) is 17.9 Å². The maximum atomic E-state index is 14.0. The fraction of sp³-hybridized carbons (Fsp3) is 0.212. The van der Waals surface area contributed by atoms with Crippen LogP contribution in [0.4, 0.5) is 5.69 Å². The normalized spacial score (nSPS) is 17.2. The van der Waals surface area contributed by atoms with Gasteiger partial charge in [-0.25, -0.2) is 8.42 Å². The second-order valence-corrected chi connectivity index (χ2v) is 13.1. The van der Waals surface area contributed by atoms with Gasteiger partial charge in [0.25, 0.3) is 11.6 Å². The SMILES string of the molecule is Cc1c(C(=O)NC2(S(=O)(=O)N[C@H](C(=O)O)C(C)C)C=CC(c3ccccc3)=CC2)oc2cccc(-c3cccc([N+](=O)[O-])c3)c12. The molecule has 1 aliphatic carbocycles. The Morgan fingerprint density at radius 2 is 1.71 bits per heavy atom. The number of nitro benzene ring substituents is 1. The molecule has 0 spiro atoms. The van der Waals surface area contributed by atoms with Crippen molar-refractivity contribution in [2.45, 2.75) is 38.1 Å². The summed E-state index contributed by atoms with van der Waals surface area (Å²) in [5, 5.41) is 24.3. The molecule has 2 atom stereocenters. The topological polar surface area (TPSA) is 169 Å². The number of nitrogens with zero attached hydrogens (tertiary/aromatic N) is 1. The summed E-state index contributed by atoms with van der Waals surface area (Å²) >= 11 is 0. The van der Waals surface area contributed by atoms with Crippen molar-refractivity contribution in [2.24, 2.45) is 5.92 Å². The highest BCUT2D eigenvalue weighted by atomic mass is 32.2. The van der Waals surface area contributed by atoms with E-state index in [4.69, 9.17) is 4.42 Å². The lowest BCUT2D eigenvalue weighted by Crippen LogP contribution is -2.60. The van der Waals surface area contributed by atoms with Crippen LogP contribution < -0.4 is 10.0 Å². The van der Waals surface area contributed by atoms with Gasteiger partial charge in [-0.3, -0.25) is 19.7 Å². The highest BCUT2D eigenvalue weighted by Gasteiger charge is 2.46. The Hall–Kier alpha value is -5.07. The van der Waals surface area contributed by atoms with E-state index in [1.165, 1.54) is 18.2 Å². The summed E-state index contributed by atoms with van der Waals surface area (Å²) in [5.41, 5.74) is 3.33. The molecular weight excluding hydrogens is 598 g/mol. The lowest BCUT2D eigenvalue weighted by atomic mass is 9.96. The number of rotatable bonds is 10. The second kappa shape index (κ2) is 12.1. The van der Waals surface area contributed by atoms with E-state index in [2.05, 4.69) is 10.0 Å². The molecule has 1 amide bonds. The first kappa shape index (κ1) is 31.4. The van der Waals surface area contributed by atoms with Crippen LogP contribution in [-0.2, 0) is 14.8 Å². The Kier molecular flexibility index (Phi) is 8.46. The standard InChI is InChI=1S/C33H31N3O8S/c1-20(2)29(32(38)39)35-45(42,43)33(17-15-23(16-18-33)22-9-5-4-6-10-22)34-31(37)30-21(3)28-26(13-8-14-27(28)44-30)24-11-7-12-25(19-24)36(40)41/h4-17,19-20,29,35H,18H2,1-3H3,(H,34,37)(H,38,39)/t29-,33?/m0/s1. The van der Waals surface area contributed by atoms with Crippen LogP contribution >= 0.6 is 0 Å². The minimum absolute atomic E-state index is 0.101. The molecular formula is C33H31N3O8S. The molecule has 1 aromatic heterocycles. The average Bonchev–Trinajstić information content (AvgIpc) is 3.37. The number of benzene rings is 3. The Labute approximate surface area is 259 Å². The molecule has 12 heteroatoms. The lowest BCUT2D eigenvalue weighted by Gasteiger charge is -2.34. The zero-order valence-corrected chi connectivity index (χ0v) is 25.5. The summed E-state index contributed by atoms with van der Waals surface area (Å²) in [4.78, 5) is 34.7. The van der Waals surface area contributed by atoms with E-state index in [1.54, 1.807) is 63.3 Å². The summed E-state index contributed by atoms with van der Waals surface area (Å²) in [7, 11) is -4.55. The van der Waals surface area contributed by atoms with Gasteiger partial charge in [-0.05, 0) is 47.2 Å². The number of allylic oxidation sites excluding steroid dienone is 2. The van der Waals surface area contributed by atoms with Crippen LogP contribution in [0.2, 0.25) is 0 Å². The zero-order chi connectivity index (χ0) is 32.5. The summed E-state index contributed by atoms with van der Waals surface area (Å²) in [6.45, 7) is 4.80. The number of aliphatic carboxylic acids is 1. The molecule has 0 fully saturated rings. The molecule has 232 valence electrons. The van der Waals surface area contributed by atoms with Gasteiger partial charge >= 0.3 is 5.97 Å². The number of nitro groups is 1. The van der Waals surface area contributed by atoms with Crippen LogP contribution in [0.5, 0.6) is 0 Å². The molecule has 0 saturated carbocycles. The number of amides is 1. The molecule has 1 unspecified atom stereocenters. The van der Waals surface area contributed by atoms with Crippen LogP contribution in [-0.4, -0.2) is 41.2 Å². The van der Waals surface area contributed by atoms with Gasteiger partial charge in [0.2, 0.25) is 10.0 Å². The molecule has 3 aromatic carbocycles. The van der Waals surface area contributed by atoms with Gasteiger partial charge in [-0.1, -0.05) is 80.6 Å². The van der Waals surface area contributed by atoms with Crippen molar-refractivity contribution in [3.63, 3.8) is 0 Å². The fourth-order valence-electron chi connectivity index (χ4n) is 5.37. The number of aryl methyl sites for hydroxylation is 1. The van der Waals surface area contributed by atoms with Gasteiger partial charge in [-0.15, -0.1) is 0 Å². The van der Waals surface area contributed by atoms with E-state index in [0.717, 1.165) is 11.1 Å². The van der Waals surface area contributed by atoms with Crippen LogP contribution in [0, 0.1) is 23.0 Å². The Morgan fingerprint density at radius 3 is 2.33 bits per heavy atom. The molecule has 1 aliphatic rings. The first-order valence-electron chi connectivity index (χ1n) is 14.1. The number of carbonyl (C=O) groups is 2. The van der Waals surface area contributed by atoms with Gasteiger partial charge in [0.15, 0.2) is 10.6 Å². The van der Waals surface area contributed by atoms with Crippen LogP contribution in [0.1, 0.15) is 41.9 Å². The molecule has 0 bridgehead atoms. The predicted octanol–water partition coefficient (Wildman–Crippen LogP) is 5.81. The number of nitrogens with one attached hydrogen (secondary N) is 2. The van der Waals surface area contributed by atoms with E-state index in [0.29, 0.717) is 27.7 Å². The molecule has 1 heterocycles. The summed E-state index contributed by atoms with van der Waals surface area (Å²) in [6, 6.07) is 19.0. The first-order valence-corrected chi connectivity index (χ1v) is 15.6.